The Hall–Kier alpha value is -2.59. The zero-order valence-electron chi connectivity index (χ0n) is 14.6. The summed E-state index contributed by atoms with van der Waals surface area (Å²) in [7, 11) is 0. The number of benzene rings is 2. The van der Waals surface area contributed by atoms with E-state index in [1.54, 1.807) is 12.2 Å². The maximum Gasteiger partial charge on any atom is 0.185 e. The van der Waals surface area contributed by atoms with Crippen molar-refractivity contribution >= 4 is 27.8 Å². The normalized spacial score (nSPS) is 11.0. The highest BCUT2D eigenvalue weighted by Crippen LogP contribution is 2.25. The van der Waals surface area contributed by atoms with Crippen molar-refractivity contribution in [1.29, 1.82) is 0 Å². The number of aromatic nitrogens is 1. The molecule has 0 aliphatic heterocycles. The van der Waals surface area contributed by atoms with E-state index in [-0.39, 0.29) is 5.78 Å². The molecule has 0 radical (unpaired) electrons. The molecule has 0 saturated heterocycles. The van der Waals surface area contributed by atoms with Gasteiger partial charge < -0.3 is 9.30 Å². The Morgan fingerprint density at radius 2 is 1.92 bits per heavy atom. The molecule has 0 amide bonds. The predicted octanol–water partition coefficient (Wildman–Crippen LogP) is 5.92. The minimum atomic E-state index is -0.0413. The third-order valence-corrected chi connectivity index (χ3v) is 4.37. The van der Waals surface area contributed by atoms with Crippen LogP contribution in [0.1, 0.15) is 29.3 Å². The lowest BCUT2D eigenvalue weighted by Gasteiger charge is -2.08. The number of hydrogen-bond donors (Lipinski definition) is 0. The van der Waals surface area contributed by atoms with Crippen LogP contribution < -0.4 is 4.74 Å². The van der Waals surface area contributed by atoms with Crippen molar-refractivity contribution in [3.63, 3.8) is 0 Å². The van der Waals surface area contributed by atoms with Crippen LogP contribution in [0, 0.1) is 0 Å². The van der Waals surface area contributed by atoms with E-state index in [9.17, 15) is 4.79 Å². The zero-order valence-corrected chi connectivity index (χ0v) is 16.1. The molecule has 26 heavy (non-hydrogen) atoms. The Morgan fingerprint density at radius 1 is 1.12 bits per heavy atom. The van der Waals surface area contributed by atoms with Crippen molar-refractivity contribution in [1.82, 2.24) is 4.57 Å². The van der Waals surface area contributed by atoms with Gasteiger partial charge in [0.1, 0.15) is 5.75 Å². The first kappa shape index (κ1) is 18.2. The topological polar surface area (TPSA) is 31.2 Å². The fraction of sp³-hybridized carbons (Fsp3) is 0.136. The van der Waals surface area contributed by atoms with E-state index >= 15 is 0 Å². The maximum atomic E-state index is 12.6. The number of ether oxygens (including phenoxy) is 1. The van der Waals surface area contributed by atoms with Crippen LogP contribution in [-0.4, -0.2) is 17.0 Å². The molecule has 3 rings (SSSR count). The fourth-order valence-corrected chi connectivity index (χ4v) is 2.96. The van der Waals surface area contributed by atoms with Gasteiger partial charge in [-0.3, -0.25) is 4.79 Å². The van der Waals surface area contributed by atoms with Crippen molar-refractivity contribution in [3.05, 3.63) is 88.7 Å². The van der Waals surface area contributed by atoms with Gasteiger partial charge in [-0.15, -0.1) is 0 Å². The molecule has 3 nitrogen and oxygen atoms in total. The number of allylic oxidation sites excluding steroid dienone is 1. The SMILES string of the molecule is CCCOc1ccc(Br)cc1/C=C/C(=O)c1cccc(-n2cccc2)c1. The molecule has 132 valence electrons. The lowest BCUT2D eigenvalue weighted by molar-refractivity contribution is 0.104. The van der Waals surface area contributed by atoms with Crippen LogP contribution in [0.15, 0.2) is 77.5 Å². The summed E-state index contributed by atoms with van der Waals surface area (Å²) in [6, 6.07) is 17.3. The Bertz CT molecular complexity index is 914. The van der Waals surface area contributed by atoms with Crippen LogP contribution in [-0.2, 0) is 0 Å². The Kier molecular flexibility index (Phi) is 6.08. The molecule has 0 N–H and O–H groups in total. The number of halogens is 1. The molecule has 1 aromatic heterocycles. The monoisotopic (exact) mass is 409 g/mol. The van der Waals surface area contributed by atoms with Gasteiger partial charge in [0.15, 0.2) is 5.78 Å². The second-order valence-electron chi connectivity index (χ2n) is 5.87. The van der Waals surface area contributed by atoms with Crippen LogP contribution in [0.25, 0.3) is 11.8 Å². The highest BCUT2D eigenvalue weighted by atomic mass is 79.9. The quantitative estimate of drug-likeness (QED) is 0.357. The number of nitrogens with zero attached hydrogens (tertiary/aromatic N) is 1. The molecular weight excluding hydrogens is 390 g/mol. The molecule has 0 aliphatic carbocycles. The molecule has 0 saturated carbocycles. The smallest absolute Gasteiger partial charge is 0.185 e. The van der Waals surface area contributed by atoms with Gasteiger partial charge in [-0.25, -0.2) is 0 Å². The van der Waals surface area contributed by atoms with Crippen molar-refractivity contribution < 1.29 is 9.53 Å². The molecule has 0 spiro atoms. The van der Waals surface area contributed by atoms with Crippen LogP contribution >= 0.6 is 15.9 Å². The van der Waals surface area contributed by atoms with Gasteiger partial charge in [0.2, 0.25) is 0 Å². The first-order valence-electron chi connectivity index (χ1n) is 8.55. The summed E-state index contributed by atoms with van der Waals surface area (Å²) >= 11 is 3.47. The average molecular weight is 410 g/mol. The van der Waals surface area contributed by atoms with Gasteiger partial charge >= 0.3 is 0 Å². The number of carbonyl (C=O) groups is 1. The maximum absolute atomic E-state index is 12.6. The highest BCUT2D eigenvalue weighted by Gasteiger charge is 2.06. The van der Waals surface area contributed by atoms with E-state index in [2.05, 4.69) is 22.9 Å². The molecule has 0 unspecified atom stereocenters. The number of hydrogen-bond acceptors (Lipinski definition) is 2. The number of rotatable bonds is 7. The molecule has 2 aromatic carbocycles. The molecule has 0 aliphatic rings. The standard InChI is InChI=1S/C22H20BrNO2/c1-2-14-26-22-11-9-19(23)15-18(22)8-10-21(25)17-6-5-7-20(16-17)24-12-3-4-13-24/h3-13,15-16H,2,14H2,1H3/b10-8+. The van der Waals surface area contributed by atoms with E-state index in [1.165, 1.54) is 0 Å². The van der Waals surface area contributed by atoms with Crippen molar-refractivity contribution in [2.24, 2.45) is 0 Å². The second-order valence-corrected chi connectivity index (χ2v) is 6.78. The Labute approximate surface area is 162 Å². The Morgan fingerprint density at radius 3 is 2.69 bits per heavy atom. The fourth-order valence-electron chi connectivity index (χ4n) is 2.58. The molecule has 3 aromatic rings. The Balaban J connectivity index is 1.82. The summed E-state index contributed by atoms with van der Waals surface area (Å²) in [5.41, 5.74) is 2.49. The molecule has 0 fully saturated rings. The summed E-state index contributed by atoms with van der Waals surface area (Å²) in [6.45, 7) is 2.71. The van der Waals surface area contributed by atoms with Crippen molar-refractivity contribution in [3.8, 4) is 11.4 Å². The van der Waals surface area contributed by atoms with Crippen LogP contribution in [0.3, 0.4) is 0 Å². The van der Waals surface area contributed by atoms with Crippen molar-refractivity contribution in [2.45, 2.75) is 13.3 Å². The lowest BCUT2D eigenvalue weighted by Crippen LogP contribution is -1.98. The summed E-state index contributed by atoms with van der Waals surface area (Å²) in [4.78, 5) is 12.6. The highest BCUT2D eigenvalue weighted by molar-refractivity contribution is 9.10. The molecular formula is C22H20BrNO2. The van der Waals surface area contributed by atoms with E-state index in [0.717, 1.165) is 27.9 Å². The van der Waals surface area contributed by atoms with Gasteiger partial charge in [0.05, 0.1) is 6.61 Å². The zero-order chi connectivity index (χ0) is 18.4. The molecule has 1 heterocycles. The van der Waals surface area contributed by atoms with Crippen LogP contribution in [0.5, 0.6) is 5.75 Å². The minimum absolute atomic E-state index is 0.0413. The summed E-state index contributed by atoms with van der Waals surface area (Å²) < 4.78 is 8.69. The number of carbonyl (C=O) groups excluding carboxylic acids is 1. The predicted molar refractivity (Wildman–Crippen MR) is 109 cm³/mol. The van der Waals surface area contributed by atoms with E-state index in [4.69, 9.17) is 4.74 Å². The average Bonchev–Trinajstić information content (AvgIpc) is 3.20. The summed E-state index contributed by atoms with van der Waals surface area (Å²) in [5, 5.41) is 0. The van der Waals surface area contributed by atoms with E-state index in [0.29, 0.717) is 12.2 Å². The first-order chi connectivity index (χ1) is 12.7. The van der Waals surface area contributed by atoms with E-state index in [1.807, 2.05) is 71.6 Å². The van der Waals surface area contributed by atoms with Gasteiger partial charge in [0.25, 0.3) is 0 Å². The third kappa shape index (κ3) is 4.52. The van der Waals surface area contributed by atoms with E-state index < -0.39 is 0 Å². The third-order valence-electron chi connectivity index (χ3n) is 3.88. The van der Waals surface area contributed by atoms with Gasteiger partial charge in [0, 0.05) is 33.7 Å². The largest absolute Gasteiger partial charge is 0.493 e. The van der Waals surface area contributed by atoms with Crippen LogP contribution in [0.2, 0.25) is 0 Å². The van der Waals surface area contributed by atoms with Crippen molar-refractivity contribution in [2.75, 3.05) is 6.61 Å². The molecule has 4 heteroatoms. The van der Waals surface area contributed by atoms with Crippen LogP contribution in [0.4, 0.5) is 0 Å². The second kappa shape index (κ2) is 8.68. The minimum Gasteiger partial charge on any atom is -0.493 e. The number of ketones is 1. The summed E-state index contributed by atoms with van der Waals surface area (Å²) in [6.07, 6.45) is 8.25. The molecule has 0 bridgehead atoms. The molecule has 0 atom stereocenters. The van der Waals surface area contributed by atoms with Gasteiger partial charge in [-0.2, -0.15) is 0 Å². The van der Waals surface area contributed by atoms with Gasteiger partial charge in [-0.05, 0) is 61.0 Å². The lowest BCUT2D eigenvalue weighted by atomic mass is 10.1. The first-order valence-corrected chi connectivity index (χ1v) is 9.35. The van der Waals surface area contributed by atoms with Gasteiger partial charge in [-0.1, -0.05) is 35.0 Å². The summed E-state index contributed by atoms with van der Waals surface area (Å²) in [5.74, 6) is 0.737.